The van der Waals surface area contributed by atoms with E-state index in [-0.39, 0.29) is 11.8 Å². The molecule has 0 radical (unpaired) electrons. The largest absolute Gasteiger partial charge is 0.326 e. The molecule has 1 amide bonds. The van der Waals surface area contributed by atoms with Crippen molar-refractivity contribution >= 4 is 27.5 Å². The molecule has 1 aromatic carbocycles. The van der Waals surface area contributed by atoms with Gasteiger partial charge >= 0.3 is 0 Å². The van der Waals surface area contributed by atoms with Gasteiger partial charge in [0.1, 0.15) is 0 Å². The van der Waals surface area contributed by atoms with Crippen LogP contribution < -0.4 is 5.32 Å². The second-order valence-corrected chi connectivity index (χ2v) is 4.95. The first kappa shape index (κ1) is 12.2. The van der Waals surface area contributed by atoms with E-state index >= 15 is 0 Å². The van der Waals surface area contributed by atoms with Crippen molar-refractivity contribution in [3.63, 3.8) is 0 Å². The van der Waals surface area contributed by atoms with Crippen LogP contribution in [0.4, 0.5) is 5.69 Å². The van der Waals surface area contributed by atoms with E-state index < -0.39 is 0 Å². The van der Waals surface area contributed by atoms with Crippen LogP contribution in [0.2, 0.25) is 0 Å². The Morgan fingerprint density at radius 2 is 2.00 bits per heavy atom. The van der Waals surface area contributed by atoms with Crippen LogP contribution in [0.5, 0.6) is 0 Å². The Balaban J connectivity index is 2.66. The van der Waals surface area contributed by atoms with Crippen LogP contribution in [0, 0.1) is 11.8 Å². The SMILES string of the molecule is CC(C)C(C)C(=O)Nc1cccc(Br)c1. The zero-order chi connectivity index (χ0) is 11.4. The standard InChI is InChI=1S/C12H16BrNO/c1-8(2)9(3)12(15)14-11-6-4-5-10(13)7-11/h4-9H,1-3H3,(H,14,15). The first-order chi connectivity index (χ1) is 7.00. The number of carbonyl (C=O) groups is 1. The Morgan fingerprint density at radius 1 is 1.33 bits per heavy atom. The van der Waals surface area contributed by atoms with Gasteiger partial charge in [0, 0.05) is 16.1 Å². The van der Waals surface area contributed by atoms with Gasteiger partial charge in [-0.1, -0.05) is 42.8 Å². The van der Waals surface area contributed by atoms with E-state index in [1.54, 1.807) is 0 Å². The molecule has 1 N–H and O–H groups in total. The molecule has 0 aromatic heterocycles. The van der Waals surface area contributed by atoms with Crippen molar-refractivity contribution in [1.29, 1.82) is 0 Å². The molecule has 0 aliphatic carbocycles. The van der Waals surface area contributed by atoms with Crippen LogP contribution in [-0.2, 0) is 4.79 Å². The molecule has 0 fully saturated rings. The summed E-state index contributed by atoms with van der Waals surface area (Å²) in [4.78, 5) is 11.7. The van der Waals surface area contributed by atoms with Gasteiger partial charge < -0.3 is 5.32 Å². The molecule has 0 saturated carbocycles. The van der Waals surface area contributed by atoms with Gasteiger partial charge in [0.2, 0.25) is 5.91 Å². The molecule has 1 rings (SSSR count). The number of anilines is 1. The van der Waals surface area contributed by atoms with Gasteiger partial charge in [-0.3, -0.25) is 4.79 Å². The van der Waals surface area contributed by atoms with Crippen LogP contribution >= 0.6 is 15.9 Å². The maximum atomic E-state index is 11.7. The smallest absolute Gasteiger partial charge is 0.227 e. The number of nitrogens with one attached hydrogen (secondary N) is 1. The predicted molar refractivity (Wildman–Crippen MR) is 66.8 cm³/mol. The number of rotatable bonds is 3. The third kappa shape index (κ3) is 3.67. The monoisotopic (exact) mass is 269 g/mol. The number of carbonyl (C=O) groups excluding carboxylic acids is 1. The summed E-state index contributed by atoms with van der Waals surface area (Å²) in [5, 5.41) is 2.89. The van der Waals surface area contributed by atoms with Crippen LogP contribution in [-0.4, -0.2) is 5.91 Å². The molecular weight excluding hydrogens is 254 g/mol. The summed E-state index contributed by atoms with van der Waals surface area (Å²) in [6.07, 6.45) is 0. The van der Waals surface area contributed by atoms with Crippen molar-refractivity contribution < 1.29 is 4.79 Å². The molecule has 0 saturated heterocycles. The van der Waals surface area contributed by atoms with Crippen molar-refractivity contribution in [2.75, 3.05) is 5.32 Å². The van der Waals surface area contributed by atoms with E-state index in [1.807, 2.05) is 45.0 Å². The van der Waals surface area contributed by atoms with Crippen LogP contribution in [0.15, 0.2) is 28.7 Å². The van der Waals surface area contributed by atoms with E-state index in [0.717, 1.165) is 10.2 Å². The lowest BCUT2D eigenvalue weighted by atomic mass is 9.97. The van der Waals surface area contributed by atoms with E-state index in [0.29, 0.717) is 5.92 Å². The maximum Gasteiger partial charge on any atom is 0.227 e. The van der Waals surface area contributed by atoms with Crippen molar-refractivity contribution in [2.45, 2.75) is 20.8 Å². The minimum Gasteiger partial charge on any atom is -0.326 e. The number of hydrogen-bond acceptors (Lipinski definition) is 1. The Morgan fingerprint density at radius 3 is 2.53 bits per heavy atom. The molecule has 1 atom stereocenters. The quantitative estimate of drug-likeness (QED) is 0.891. The van der Waals surface area contributed by atoms with Crippen molar-refractivity contribution in [3.05, 3.63) is 28.7 Å². The van der Waals surface area contributed by atoms with Crippen molar-refractivity contribution in [1.82, 2.24) is 0 Å². The minimum atomic E-state index is 0.0315. The molecule has 2 nitrogen and oxygen atoms in total. The molecule has 1 aromatic rings. The highest BCUT2D eigenvalue weighted by atomic mass is 79.9. The molecule has 0 aliphatic rings. The highest BCUT2D eigenvalue weighted by molar-refractivity contribution is 9.10. The fraction of sp³-hybridized carbons (Fsp3) is 0.417. The van der Waals surface area contributed by atoms with Gasteiger partial charge in [-0.15, -0.1) is 0 Å². The lowest BCUT2D eigenvalue weighted by Crippen LogP contribution is -2.24. The fourth-order valence-electron chi connectivity index (χ4n) is 1.13. The highest BCUT2D eigenvalue weighted by Crippen LogP contribution is 2.18. The molecule has 1 unspecified atom stereocenters. The normalized spacial score (nSPS) is 12.6. The first-order valence-electron chi connectivity index (χ1n) is 5.07. The molecule has 3 heteroatoms. The van der Waals surface area contributed by atoms with E-state index in [4.69, 9.17) is 0 Å². The third-order valence-electron chi connectivity index (χ3n) is 2.51. The average Bonchev–Trinajstić information content (AvgIpc) is 2.16. The van der Waals surface area contributed by atoms with Gasteiger partial charge in [-0.25, -0.2) is 0 Å². The highest BCUT2D eigenvalue weighted by Gasteiger charge is 2.16. The van der Waals surface area contributed by atoms with Gasteiger partial charge in [-0.05, 0) is 24.1 Å². The van der Waals surface area contributed by atoms with Crippen LogP contribution in [0.25, 0.3) is 0 Å². The zero-order valence-electron chi connectivity index (χ0n) is 9.25. The molecule has 0 spiro atoms. The number of hydrogen-bond donors (Lipinski definition) is 1. The summed E-state index contributed by atoms with van der Waals surface area (Å²) >= 11 is 3.37. The molecule has 0 heterocycles. The van der Waals surface area contributed by atoms with E-state index in [1.165, 1.54) is 0 Å². The van der Waals surface area contributed by atoms with Crippen LogP contribution in [0.3, 0.4) is 0 Å². The lowest BCUT2D eigenvalue weighted by Gasteiger charge is -2.15. The Labute approximate surface area is 99.2 Å². The number of amides is 1. The molecule has 0 bridgehead atoms. The lowest BCUT2D eigenvalue weighted by molar-refractivity contribution is -0.120. The van der Waals surface area contributed by atoms with Crippen molar-refractivity contribution in [2.24, 2.45) is 11.8 Å². The molecule has 15 heavy (non-hydrogen) atoms. The Kier molecular flexibility index (Phi) is 4.33. The zero-order valence-corrected chi connectivity index (χ0v) is 10.8. The first-order valence-corrected chi connectivity index (χ1v) is 5.86. The summed E-state index contributed by atoms with van der Waals surface area (Å²) in [7, 11) is 0. The van der Waals surface area contributed by atoms with Gasteiger partial charge in [0.15, 0.2) is 0 Å². The van der Waals surface area contributed by atoms with Gasteiger partial charge in [-0.2, -0.15) is 0 Å². The second kappa shape index (κ2) is 5.31. The Bertz CT molecular complexity index is 349. The minimum absolute atomic E-state index is 0.0315. The van der Waals surface area contributed by atoms with Crippen LogP contribution in [0.1, 0.15) is 20.8 Å². The second-order valence-electron chi connectivity index (χ2n) is 4.03. The Hall–Kier alpha value is -0.830. The van der Waals surface area contributed by atoms with Gasteiger partial charge in [0.25, 0.3) is 0 Å². The number of halogens is 1. The van der Waals surface area contributed by atoms with E-state index in [2.05, 4.69) is 21.2 Å². The summed E-state index contributed by atoms with van der Waals surface area (Å²) in [6, 6.07) is 7.61. The van der Waals surface area contributed by atoms with Gasteiger partial charge in [0.05, 0.1) is 0 Å². The predicted octanol–water partition coefficient (Wildman–Crippen LogP) is 3.68. The molecular formula is C12H16BrNO. The summed E-state index contributed by atoms with van der Waals surface area (Å²) < 4.78 is 0.970. The molecule has 82 valence electrons. The topological polar surface area (TPSA) is 29.1 Å². The fourth-order valence-corrected chi connectivity index (χ4v) is 1.52. The number of benzene rings is 1. The summed E-state index contributed by atoms with van der Waals surface area (Å²) in [6.45, 7) is 6.04. The molecule has 0 aliphatic heterocycles. The average molecular weight is 270 g/mol. The summed E-state index contributed by atoms with van der Waals surface area (Å²) in [5.74, 6) is 0.462. The van der Waals surface area contributed by atoms with Crippen molar-refractivity contribution in [3.8, 4) is 0 Å². The summed E-state index contributed by atoms with van der Waals surface area (Å²) in [5.41, 5.74) is 0.835. The third-order valence-corrected chi connectivity index (χ3v) is 3.00. The van der Waals surface area contributed by atoms with E-state index in [9.17, 15) is 4.79 Å². The maximum absolute atomic E-state index is 11.7.